The Kier molecular flexibility index (Phi) is 7.39. The van der Waals surface area contributed by atoms with Crippen molar-refractivity contribution in [3.63, 3.8) is 0 Å². The standard InChI is InChI=1S/C42H39N3O2S/c1-29-16-20-32(21-17-29)42(28-45-48(46,47)33-22-18-30(2)19-23-33)27-41(42,31-10-4-3-5-11-31)24-36(37-25-43-39-14-8-6-12-34(37)39)38-26-44-40-15-9-7-13-35(38)40/h3-23,25-26,36,43-45H,24,27-28H2,1-2H3. The number of benzene rings is 5. The molecule has 2 aromatic heterocycles. The zero-order valence-corrected chi connectivity index (χ0v) is 28.0. The molecule has 0 saturated heterocycles. The molecule has 8 rings (SSSR count). The van der Waals surface area contributed by atoms with Crippen LogP contribution in [0.5, 0.6) is 0 Å². The molecule has 5 aromatic carbocycles. The first-order valence-corrected chi connectivity index (χ1v) is 18.1. The maximum Gasteiger partial charge on any atom is 0.240 e. The van der Waals surface area contributed by atoms with E-state index in [0.29, 0.717) is 0 Å². The van der Waals surface area contributed by atoms with Crippen molar-refractivity contribution < 1.29 is 8.42 Å². The monoisotopic (exact) mass is 649 g/mol. The minimum Gasteiger partial charge on any atom is -0.361 e. The zero-order valence-electron chi connectivity index (χ0n) is 27.2. The first-order valence-electron chi connectivity index (χ1n) is 16.6. The van der Waals surface area contributed by atoms with Gasteiger partial charge in [0.25, 0.3) is 0 Å². The van der Waals surface area contributed by atoms with Gasteiger partial charge in [0.2, 0.25) is 10.0 Å². The molecule has 1 aliphatic carbocycles. The molecule has 48 heavy (non-hydrogen) atoms. The highest BCUT2D eigenvalue weighted by Crippen LogP contribution is 2.69. The molecule has 2 unspecified atom stereocenters. The number of aryl methyl sites for hydroxylation is 2. The molecule has 1 saturated carbocycles. The van der Waals surface area contributed by atoms with Gasteiger partial charge in [0.1, 0.15) is 0 Å². The minimum absolute atomic E-state index is 0.0264. The molecule has 0 radical (unpaired) electrons. The molecule has 0 aliphatic heterocycles. The predicted molar refractivity (Wildman–Crippen MR) is 195 cm³/mol. The van der Waals surface area contributed by atoms with E-state index in [9.17, 15) is 8.42 Å². The van der Waals surface area contributed by atoms with Gasteiger partial charge in [-0.05, 0) is 73.2 Å². The smallest absolute Gasteiger partial charge is 0.240 e. The number of sulfonamides is 1. The summed E-state index contributed by atoms with van der Waals surface area (Å²) in [5, 5.41) is 2.41. The maximum atomic E-state index is 13.8. The van der Waals surface area contributed by atoms with Crippen molar-refractivity contribution in [2.45, 2.75) is 48.3 Å². The average Bonchev–Trinajstić information content (AvgIpc) is 3.36. The van der Waals surface area contributed by atoms with Crippen molar-refractivity contribution in [3.05, 3.63) is 173 Å². The highest BCUT2D eigenvalue weighted by atomic mass is 32.2. The lowest BCUT2D eigenvalue weighted by Crippen LogP contribution is -2.37. The number of hydrogen-bond acceptors (Lipinski definition) is 2. The number of aromatic nitrogens is 2. The molecule has 1 aliphatic rings. The number of aromatic amines is 2. The van der Waals surface area contributed by atoms with E-state index in [1.165, 1.54) is 33.0 Å². The average molecular weight is 650 g/mol. The van der Waals surface area contributed by atoms with Crippen molar-refractivity contribution in [2.24, 2.45) is 0 Å². The van der Waals surface area contributed by atoms with Gasteiger partial charge in [-0.3, -0.25) is 0 Å². The minimum atomic E-state index is -3.75. The van der Waals surface area contributed by atoms with E-state index in [1.54, 1.807) is 12.1 Å². The zero-order chi connectivity index (χ0) is 32.9. The quantitative estimate of drug-likeness (QED) is 0.138. The van der Waals surface area contributed by atoms with Crippen LogP contribution >= 0.6 is 0 Å². The van der Waals surface area contributed by atoms with Gasteiger partial charge in [-0.2, -0.15) is 0 Å². The number of rotatable bonds is 10. The van der Waals surface area contributed by atoms with Crippen molar-refractivity contribution in [2.75, 3.05) is 6.54 Å². The molecule has 0 amide bonds. The number of nitrogens with one attached hydrogen (secondary N) is 3. The second-order valence-corrected chi connectivity index (χ2v) is 15.3. The van der Waals surface area contributed by atoms with Crippen LogP contribution in [0.2, 0.25) is 0 Å². The van der Waals surface area contributed by atoms with E-state index in [0.717, 1.165) is 35.0 Å². The molecule has 0 bridgehead atoms. The van der Waals surface area contributed by atoms with Crippen LogP contribution in [0.25, 0.3) is 21.8 Å². The van der Waals surface area contributed by atoms with Crippen LogP contribution in [-0.4, -0.2) is 24.9 Å². The van der Waals surface area contributed by atoms with Gasteiger partial charge in [0.05, 0.1) is 4.90 Å². The van der Waals surface area contributed by atoms with E-state index >= 15 is 0 Å². The Morgan fingerprint density at radius 2 is 1.12 bits per heavy atom. The molecule has 240 valence electrons. The van der Waals surface area contributed by atoms with Crippen LogP contribution in [0.15, 0.2) is 145 Å². The Morgan fingerprint density at radius 3 is 1.71 bits per heavy atom. The number of H-pyrrole nitrogens is 2. The number of hydrogen-bond donors (Lipinski definition) is 3. The number of fused-ring (bicyclic) bond motifs is 2. The fourth-order valence-electron chi connectivity index (χ4n) is 8.10. The first kappa shape index (κ1) is 30.4. The van der Waals surface area contributed by atoms with Crippen molar-refractivity contribution >= 4 is 31.8 Å². The molecule has 2 atom stereocenters. The second-order valence-electron chi connectivity index (χ2n) is 13.5. The fraction of sp³-hybridized carbons (Fsp3) is 0.190. The highest BCUT2D eigenvalue weighted by molar-refractivity contribution is 7.89. The Bertz CT molecular complexity index is 2270. The van der Waals surface area contributed by atoms with E-state index < -0.39 is 15.4 Å². The van der Waals surface area contributed by atoms with Crippen LogP contribution in [0.1, 0.15) is 52.1 Å². The van der Waals surface area contributed by atoms with Crippen molar-refractivity contribution in [1.29, 1.82) is 0 Å². The van der Waals surface area contributed by atoms with Gasteiger partial charge in [-0.1, -0.05) is 114 Å². The Labute approximate surface area is 282 Å². The third-order valence-corrected chi connectivity index (χ3v) is 12.2. The van der Waals surface area contributed by atoms with Gasteiger partial charge >= 0.3 is 0 Å². The molecule has 2 heterocycles. The van der Waals surface area contributed by atoms with E-state index in [4.69, 9.17) is 0 Å². The molecule has 1 fully saturated rings. The summed E-state index contributed by atoms with van der Waals surface area (Å²) in [6, 6.07) is 43.5. The summed E-state index contributed by atoms with van der Waals surface area (Å²) in [4.78, 5) is 7.38. The first-order chi connectivity index (χ1) is 23.3. The molecule has 3 N–H and O–H groups in total. The molecular formula is C42H39N3O2S. The predicted octanol–water partition coefficient (Wildman–Crippen LogP) is 9.05. The third-order valence-electron chi connectivity index (χ3n) is 10.8. The normalized spacial score (nSPS) is 19.3. The lowest BCUT2D eigenvalue weighted by Gasteiger charge is -2.31. The number of para-hydroxylation sites is 2. The highest BCUT2D eigenvalue weighted by Gasteiger charge is 2.69. The lowest BCUT2D eigenvalue weighted by atomic mass is 9.73. The van der Waals surface area contributed by atoms with Gasteiger partial charge in [-0.25, -0.2) is 13.1 Å². The van der Waals surface area contributed by atoms with Crippen LogP contribution in [0.3, 0.4) is 0 Å². The van der Waals surface area contributed by atoms with E-state index in [-0.39, 0.29) is 22.8 Å². The summed E-state index contributed by atoms with van der Waals surface area (Å²) in [7, 11) is -3.75. The van der Waals surface area contributed by atoms with Crippen LogP contribution < -0.4 is 4.72 Å². The molecule has 0 spiro atoms. The molecular weight excluding hydrogens is 611 g/mol. The topological polar surface area (TPSA) is 77.8 Å². The van der Waals surface area contributed by atoms with E-state index in [2.05, 4.69) is 137 Å². The summed E-state index contributed by atoms with van der Waals surface area (Å²) < 4.78 is 30.7. The van der Waals surface area contributed by atoms with E-state index in [1.807, 2.05) is 19.1 Å². The molecule has 7 aromatic rings. The maximum absolute atomic E-state index is 13.8. The summed E-state index contributed by atoms with van der Waals surface area (Å²) >= 11 is 0. The van der Waals surface area contributed by atoms with Crippen LogP contribution in [0, 0.1) is 13.8 Å². The van der Waals surface area contributed by atoms with Crippen molar-refractivity contribution in [1.82, 2.24) is 14.7 Å². The van der Waals surface area contributed by atoms with Crippen LogP contribution in [0.4, 0.5) is 0 Å². The van der Waals surface area contributed by atoms with Gasteiger partial charge in [0.15, 0.2) is 0 Å². The summed E-state index contributed by atoms with van der Waals surface area (Å²) in [5.41, 5.74) is 8.45. The van der Waals surface area contributed by atoms with Crippen LogP contribution in [-0.2, 0) is 20.9 Å². The lowest BCUT2D eigenvalue weighted by molar-refractivity contribution is 0.469. The molecule has 5 nitrogen and oxygen atoms in total. The largest absolute Gasteiger partial charge is 0.361 e. The second kappa shape index (κ2) is 11.7. The summed E-state index contributed by atoms with van der Waals surface area (Å²) in [5.74, 6) is 0.0264. The Balaban J connectivity index is 1.30. The SMILES string of the molecule is Cc1ccc(C2(CNS(=O)(=O)c3ccc(C)cc3)CC2(CC(c2c[nH]c3ccccc23)c2c[nH]c3ccccc23)c2ccccc2)cc1. The summed E-state index contributed by atoms with van der Waals surface area (Å²) in [6.07, 6.45) is 5.95. The Morgan fingerprint density at radius 1 is 0.625 bits per heavy atom. The van der Waals surface area contributed by atoms with Gasteiger partial charge in [0, 0.05) is 57.5 Å². The van der Waals surface area contributed by atoms with Crippen molar-refractivity contribution in [3.8, 4) is 0 Å². The summed E-state index contributed by atoms with van der Waals surface area (Å²) in [6.45, 7) is 4.35. The third kappa shape index (κ3) is 5.07. The van der Waals surface area contributed by atoms with Gasteiger partial charge < -0.3 is 9.97 Å². The fourth-order valence-corrected chi connectivity index (χ4v) is 9.19. The van der Waals surface area contributed by atoms with Gasteiger partial charge in [-0.15, -0.1) is 0 Å². The molecule has 6 heteroatoms. The Hall–Kier alpha value is -4.91.